The Morgan fingerprint density at radius 2 is 1.73 bits per heavy atom. The smallest absolute Gasteiger partial charge is 0.266 e. The first-order chi connectivity index (χ1) is 16.0. The molecule has 0 unspecified atom stereocenters. The van der Waals surface area contributed by atoms with Crippen LogP contribution in [0.1, 0.15) is 38.2 Å². The van der Waals surface area contributed by atoms with Crippen molar-refractivity contribution in [3.63, 3.8) is 0 Å². The summed E-state index contributed by atoms with van der Waals surface area (Å²) >= 11 is 6.11. The largest absolute Gasteiger partial charge is 0.495 e. The molecule has 0 aromatic heterocycles. The molecule has 1 amide bonds. The molecule has 0 aliphatic heterocycles. The number of rotatable bonds is 12. The second-order valence-corrected chi connectivity index (χ2v) is 7.54. The average molecular weight is 473 g/mol. The van der Waals surface area contributed by atoms with E-state index in [2.05, 4.69) is 12.2 Å². The molecule has 2 aromatic carbocycles. The molecule has 2 aromatic rings. The number of unbranched alkanes of at least 4 members (excludes halogenated alkanes) is 3. The summed E-state index contributed by atoms with van der Waals surface area (Å²) in [6.45, 7) is 2.76. The fourth-order valence-corrected chi connectivity index (χ4v) is 3.30. The van der Waals surface area contributed by atoms with Gasteiger partial charge < -0.3 is 24.3 Å². The minimum Gasteiger partial charge on any atom is -0.495 e. The summed E-state index contributed by atoms with van der Waals surface area (Å²) in [7, 11) is 4.46. The quantitative estimate of drug-likeness (QED) is 0.236. The molecule has 0 aliphatic carbocycles. The average Bonchev–Trinajstić information content (AvgIpc) is 2.83. The van der Waals surface area contributed by atoms with E-state index in [1.165, 1.54) is 38.8 Å². The van der Waals surface area contributed by atoms with Gasteiger partial charge in [0.05, 0.1) is 38.6 Å². The molecule has 0 spiro atoms. The molecular formula is C25H29ClN2O5. The van der Waals surface area contributed by atoms with Crippen molar-refractivity contribution in [2.75, 3.05) is 33.3 Å². The molecule has 7 nitrogen and oxygen atoms in total. The molecule has 8 heteroatoms. The van der Waals surface area contributed by atoms with Gasteiger partial charge in [0.2, 0.25) is 0 Å². The zero-order chi connectivity index (χ0) is 24.2. The third kappa shape index (κ3) is 7.33. The lowest BCUT2D eigenvalue weighted by Crippen LogP contribution is -2.14. The fourth-order valence-electron chi connectivity index (χ4n) is 3.07. The molecular weight excluding hydrogens is 444 g/mol. The number of nitrogens with zero attached hydrogens (tertiary/aromatic N) is 1. The van der Waals surface area contributed by atoms with E-state index >= 15 is 0 Å². The highest BCUT2D eigenvalue weighted by molar-refractivity contribution is 6.32. The van der Waals surface area contributed by atoms with Gasteiger partial charge in [-0.2, -0.15) is 5.26 Å². The van der Waals surface area contributed by atoms with E-state index in [9.17, 15) is 10.1 Å². The van der Waals surface area contributed by atoms with Gasteiger partial charge in [0.25, 0.3) is 5.91 Å². The Labute approximate surface area is 199 Å². The summed E-state index contributed by atoms with van der Waals surface area (Å²) in [5.41, 5.74) is 0.855. The number of carbonyl (C=O) groups is 1. The van der Waals surface area contributed by atoms with E-state index in [-0.39, 0.29) is 5.57 Å². The highest BCUT2D eigenvalue weighted by atomic mass is 35.5. The number of carbonyl (C=O) groups excluding carboxylic acids is 1. The van der Waals surface area contributed by atoms with Gasteiger partial charge in [0.15, 0.2) is 11.5 Å². The molecule has 0 radical (unpaired) electrons. The summed E-state index contributed by atoms with van der Waals surface area (Å²) in [4.78, 5) is 12.8. The number of ether oxygens (including phenoxy) is 4. The maximum Gasteiger partial charge on any atom is 0.266 e. The highest BCUT2D eigenvalue weighted by Crippen LogP contribution is 2.36. The SMILES string of the molecule is CCCCCCOc1ccc(/C=C(\C#N)C(=O)Nc2cc(OC)c(Cl)cc2OC)cc1OC. The van der Waals surface area contributed by atoms with Crippen molar-refractivity contribution in [2.24, 2.45) is 0 Å². The predicted molar refractivity (Wildman–Crippen MR) is 129 cm³/mol. The summed E-state index contributed by atoms with van der Waals surface area (Å²) in [5, 5.41) is 12.6. The third-order valence-corrected chi connectivity index (χ3v) is 5.14. The van der Waals surface area contributed by atoms with Crippen LogP contribution in [0.4, 0.5) is 5.69 Å². The summed E-state index contributed by atoms with van der Waals surface area (Å²) in [6.07, 6.45) is 5.90. The standard InChI is InChI=1S/C25H29ClN2O5/c1-5-6-7-8-11-33-21-10-9-17(13-24(21)32-4)12-18(16-27)25(29)28-20-15-22(30-2)19(26)14-23(20)31-3/h9-10,12-15H,5-8,11H2,1-4H3,(H,28,29)/b18-12+. The minimum atomic E-state index is -0.601. The first-order valence-corrected chi connectivity index (χ1v) is 11.0. The van der Waals surface area contributed by atoms with Gasteiger partial charge in [-0.05, 0) is 30.2 Å². The molecule has 0 atom stereocenters. The molecule has 0 fully saturated rings. The van der Waals surface area contributed by atoms with Gasteiger partial charge in [-0.25, -0.2) is 0 Å². The van der Waals surface area contributed by atoms with E-state index in [0.29, 0.717) is 45.9 Å². The van der Waals surface area contributed by atoms with Gasteiger partial charge in [-0.15, -0.1) is 0 Å². The number of hydrogen-bond acceptors (Lipinski definition) is 6. The predicted octanol–water partition coefficient (Wildman–Crippen LogP) is 5.87. The molecule has 0 saturated carbocycles. The van der Waals surface area contributed by atoms with Crippen LogP contribution in [-0.2, 0) is 4.79 Å². The van der Waals surface area contributed by atoms with Gasteiger partial charge in [0, 0.05) is 12.1 Å². The van der Waals surface area contributed by atoms with Gasteiger partial charge >= 0.3 is 0 Å². The number of amides is 1. The van der Waals surface area contributed by atoms with Crippen molar-refractivity contribution in [3.8, 4) is 29.1 Å². The third-order valence-electron chi connectivity index (χ3n) is 4.84. The number of halogens is 1. The van der Waals surface area contributed by atoms with Crippen molar-refractivity contribution in [1.29, 1.82) is 5.26 Å². The van der Waals surface area contributed by atoms with Crippen LogP contribution in [0.15, 0.2) is 35.9 Å². The van der Waals surface area contributed by atoms with Crippen LogP contribution in [0.5, 0.6) is 23.0 Å². The van der Waals surface area contributed by atoms with Crippen molar-refractivity contribution < 1.29 is 23.7 Å². The summed E-state index contributed by atoms with van der Waals surface area (Å²) in [5.74, 6) is 1.25. The zero-order valence-electron chi connectivity index (χ0n) is 19.4. The Hall–Kier alpha value is -3.37. The number of methoxy groups -OCH3 is 3. The minimum absolute atomic E-state index is 0.0961. The number of hydrogen-bond donors (Lipinski definition) is 1. The first kappa shape index (κ1) is 25.9. The molecule has 33 heavy (non-hydrogen) atoms. The van der Waals surface area contributed by atoms with Crippen LogP contribution in [0.2, 0.25) is 5.02 Å². The number of nitriles is 1. The lowest BCUT2D eigenvalue weighted by molar-refractivity contribution is -0.112. The maximum absolute atomic E-state index is 12.8. The van der Waals surface area contributed by atoms with Gasteiger partial charge in [0.1, 0.15) is 23.1 Å². The Morgan fingerprint density at radius 1 is 1.00 bits per heavy atom. The van der Waals surface area contributed by atoms with E-state index in [4.69, 9.17) is 30.5 Å². The Morgan fingerprint density at radius 3 is 2.36 bits per heavy atom. The molecule has 0 saturated heterocycles. The van der Waals surface area contributed by atoms with E-state index < -0.39 is 5.91 Å². The lowest BCUT2D eigenvalue weighted by atomic mass is 10.1. The van der Waals surface area contributed by atoms with Crippen molar-refractivity contribution in [3.05, 3.63) is 46.5 Å². The van der Waals surface area contributed by atoms with E-state index in [1.807, 2.05) is 6.07 Å². The topological polar surface area (TPSA) is 89.8 Å². The summed E-state index contributed by atoms with van der Waals surface area (Å²) < 4.78 is 21.7. The van der Waals surface area contributed by atoms with Gasteiger partial charge in [-0.1, -0.05) is 43.9 Å². The fraction of sp³-hybridized carbons (Fsp3) is 0.360. The van der Waals surface area contributed by atoms with Crippen LogP contribution >= 0.6 is 11.6 Å². The lowest BCUT2D eigenvalue weighted by Gasteiger charge is -2.13. The normalized spacial score (nSPS) is 10.8. The van der Waals surface area contributed by atoms with Crippen LogP contribution in [0.3, 0.4) is 0 Å². The highest BCUT2D eigenvalue weighted by Gasteiger charge is 2.16. The van der Waals surface area contributed by atoms with Gasteiger partial charge in [-0.3, -0.25) is 4.79 Å². The number of benzene rings is 2. The second-order valence-electron chi connectivity index (χ2n) is 7.13. The van der Waals surface area contributed by atoms with Crippen LogP contribution in [0.25, 0.3) is 6.08 Å². The molecule has 0 heterocycles. The van der Waals surface area contributed by atoms with Crippen LogP contribution in [0, 0.1) is 11.3 Å². The van der Waals surface area contributed by atoms with Crippen LogP contribution in [-0.4, -0.2) is 33.8 Å². The van der Waals surface area contributed by atoms with Crippen molar-refractivity contribution in [2.45, 2.75) is 32.6 Å². The zero-order valence-corrected chi connectivity index (χ0v) is 20.1. The molecule has 0 aliphatic rings. The summed E-state index contributed by atoms with van der Waals surface area (Å²) in [6, 6.07) is 10.2. The molecule has 0 bridgehead atoms. The van der Waals surface area contributed by atoms with Crippen LogP contribution < -0.4 is 24.3 Å². The van der Waals surface area contributed by atoms with E-state index in [1.54, 1.807) is 25.3 Å². The van der Waals surface area contributed by atoms with E-state index in [0.717, 1.165) is 19.3 Å². The molecule has 176 valence electrons. The number of anilines is 1. The molecule has 2 rings (SSSR count). The second kappa shape index (κ2) is 13.2. The van der Waals surface area contributed by atoms with Crippen molar-refractivity contribution >= 4 is 29.3 Å². The first-order valence-electron chi connectivity index (χ1n) is 10.6. The monoisotopic (exact) mass is 472 g/mol. The maximum atomic E-state index is 12.8. The Bertz CT molecular complexity index is 1030. The Balaban J connectivity index is 2.19. The Kier molecular flexibility index (Phi) is 10.4. The van der Waals surface area contributed by atoms with Crippen molar-refractivity contribution in [1.82, 2.24) is 0 Å². The molecule has 1 N–H and O–H groups in total. The number of nitrogens with one attached hydrogen (secondary N) is 1.